The normalized spacial score (nSPS) is 10.0. The highest BCUT2D eigenvalue weighted by Crippen LogP contribution is 2.20. The van der Waals surface area contributed by atoms with Crippen LogP contribution < -0.4 is 10.1 Å². The SMILES string of the molecule is Cc1cc(NC(=O)Oc2ccccc2)cc(C(=O)O)c1C. The van der Waals surface area contributed by atoms with Crippen molar-refractivity contribution in [2.24, 2.45) is 0 Å². The Balaban J connectivity index is 2.16. The van der Waals surface area contributed by atoms with E-state index in [1.807, 2.05) is 6.07 Å². The monoisotopic (exact) mass is 285 g/mol. The summed E-state index contributed by atoms with van der Waals surface area (Å²) in [6, 6.07) is 11.7. The molecular weight excluding hydrogens is 270 g/mol. The fraction of sp³-hybridized carbons (Fsp3) is 0.125. The molecule has 2 rings (SSSR count). The summed E-state index contributed by atoms with van der Waals surface area (Å²) in [5, 5.41) is 11.7. The number of hydrogen-bond donors (Lipinski definition) is 2. The van der Waals surface area contributed by atoms with Gasteiger partial charge >= 0.3 is 12.1 Å². The van der Waals surface area contributed by atoms with E-state index < -0.39 is 12.1 Å². The Morgan fingerprint density at radius 3 is 2.38 bits per heavy atom. The summed E-state index contributed by atoms with van der Waals surface area (Å²) in [6.45, 7) is 3.51. The van der Waals surface area contributed by atoms with Crippen LogP contribution in [0, 0.1) is 13.8 Å². The van der Waals surface area contributed by atoms with Crippen LogP contribution in [-0.2, 0) is 0 Å². The van der Waals surface area contributed by atoms with Gasteiger partial charge in [-0.2, -0.15) is 0 Å². The van der Waals surface area contributed by atoms with Crippen molar-refractivity contribution < 1.29 is 19.4 Å². The minimum absolute atomic E-state index is 0.157. The third-order valence-corrected chi connectivity index (χ3v) is 3.10. The Labute approximate surface area is 122 Å². The minimum atomic E-state index is -1.03. The molecule has 5 nitrogen and oxygen atoms in total. The third kappa shape index (κ3) is 3.60. The van der Waals surface area contributed by atoms with Crippen molar-refractivity contribution in [2.75, 3.05) is 5.32 Å². The first-order chi connectivity index (χ1) is 9.97. The molecule has 0 saturated heterocycles. The highest BCUT2D eigenvalue weighted by atomic mass is 16.6. The molecule has 0 atom stereocenters. The number of carbonyl (C=O) groups excluding carboxylic acids is 1. The van der Waals surface area contributed by atoms with Gasteiger partial charge in [0, 0.05) is 5.69 Å². The van der Waals surface area contributed by atoms with Gasteiger partial charge in [-0.25, -0.2) is 9.59 Å². The summed E-state index contributed by atoms with van der Waals surface area (Å²) in [5.41, 5.74) is 2.00. The van der Waals surface area contributed by atoms with Crippen molar-refractivity contribution in [3.05, 3.63) is 59.2 Å². The molecule has 0 saturated carbocycles. The van der Waals surface area contributed by atoms with Crippen LogP contribution in [0.15, 0.2) is 42.5 Å². The van der Waals surface area contributed by atoms with Gasteiger partial charge in [-0.05, 0) is 49.2 Å². The largest absolute Gasteiger partial charge is 0.478 e. The number of carboxylic acid groups (broad SMARTS) is 1. The zero-order valence-corrected chi connectivity index (χ0v) is 11.7. The molecule has 0 spiro atoms. The predicted molar refractivity (Wildman–Crippen MR) is 79.0 cm³/mol. The zero-order valence-electron chi connectivity index (χ0n) is 11.7. The highest BCUT2D eigenvalue weighted by molar-refractivity contribution is 5.93. The molecule has 108 valence electrons. The van der Waals surface area contributed by atoms with E-state index in [9.17, 15) is 9.59 Å². The minimum Gasteiger partial charge on any atom is -0.478 e. The second-order valence-electron chi connectivity index (χ2n) is 4.60. The maximum atomic E-state index is 11.8. The standard InChI is InChI=1S/C16H15NO4/c1-10-8-12(9-14(11(10)2)15(18)19)17-16(20)21-13-6-4-3-5-7-13/h3-9H,1-2H3,(H,17,20)(H,18,19). The van der Waals surface area contributed by atoms with Gasteiger partial charge in [0.25, 0.3) is 0 Å². The molecule has 0 aliphatic rings. The van der Waals surface area contributed by atoms with Gasteiger partial charge in [0.1, 0.15) is 5.75 Å². The number of carbonyl (C=O) groups is 2. The Hall–Kier alpha value is -2.82. The van der Waals surface area contributed by atoms with Crippen LogP contribution in [0.5, 0.6) is 5.75 Å². The molecule has 0 aliphatic carbocycles. The molecule has 1 amide bonds. The smallest absolute Gasteiger partial charge is 0.417 e. The number of benzene rings is 2. The molecule has 0 bridgehead atoms. The Kier molecular flexibility index (Phi) is 4.23. The van der Waals surface area contributed by atoms with E-state index in [1.165, 1.54) is 6.07 Å². The van der Waals surface area contributed by atoms with Gasteiger partial charge < -0.3 is 9.84 Å². The lowest BCUT2D eigenvalue weighted by atomic mass is 10.0. The number of nitrogens with one attached hydrogen (secondary N) is 1. The fourth-order valence-corrected chi connectivity index (χ4v) is 1.89. The average Bonchev–Trinajstić information content (AvgIpc) is 2.43. The number of anilines is 1. The second kappa shape index (κ2) is 6.09. The van der Waals surface area contributed by atoms with Crippen LogP contribution >= 0.6 is 0 Å². The van der Waals surface area contributed by atoms with Gasteiger partial charge in [-0.3, -0.25) is 5.32 Å². The van der Waals surface area contributed by atoms with E-state index in [4.69, 9.17) is 9.84 Å². The summed E-state index contributed by atoms with van der Waals surface area (Å²) in [4.78, 5) is 22.9. The number of rotatable bonds is 3. The van der Waals surface area contributed by atoms with Gasteiger partial charge in [0.05, 0.1) is 5.56 Å². The van der Waals surface area contributed by atoms with Crippen molar-refractivity contribution in [1.82, 2.24) is 0 Å². The second-order valence-corrected chi connectivity index (χ2v) is 4.60. The Morgan fingerprint density at radius 1 is 1.10 bits per heavy atom. The molecule has 0 aromatic heterocycles. The van der Waals surface area contributed by atoms with Crippen molar-refractivity contribution in [3.8, 4) is 5.75 Å². The van der Waals surface area contributed by atoms with Gasteiger partial charge in [-0.15, -0.1) is 0 Å². The number of aromatic carboxylic acids is 1. The first kappa shape index (κ1) is 14.6. The van der Waals surface area contributed by atoms with Gasteiger partial charge in [0.15, 0.2) is 0 Å². The molecule has 0 radical (unpaired) electrons. The van der Waals surface area contributed by atoms with Gasteiger partial charge in [0.2, 0.25) is 0 Å². The summed E-state index contributed by atoms with van der Waals surface area (Å²) in [6.07, 6.45) is -0.666. The average molecular weight is 285 g/mol. The number of ether oxygens (including phenoxy) is 1. The topological polar surface area (TPSA) is 75.6 Å². The fourth-order valence-electron chi connectivity index (χ4n) is 1.89. The number of amides is 1. The van der Waals surface area contributed by atoms with Crippen LogP contribution in [0.25, 0.3) is 0 Å². The maximum absolute atomic E-state index is 11.8. The zero-order chi connectivity index (χ0) is 15.4. The van der Waals surface area contributed by atoms with E-state index in [-0.39, 0.29) is 5.56 Å². The van der Waals surface area contributed by atoms with Crippen LogP contribution in [0.4, 0.5) is 10.5 Å². The lowest BCUT2D eigenvalue weighted by Crippen LogP contribution is -2.17. The number of hydrogen-bond acceptors (Lipinski definition) is 3. The Bertz CT molecular complexity index is 680. The molecular formula is C16H15NO4. The quantitative estimate of drug-likeness (QED) is 0.903. The highest BCUT2D eigenvalue weighted by Gasteiger charge is 2.13. The van der Waals surface area contributed by atoms with E-state index in [1.54, 1.807) is 44.2 Å². The van der Waals surface area contributed by atoms with Crippen LogP contribution in [0.3, 0.4) is 0 Å². The van der Waals surface area contributed by atoms with E-state index in [2.05, 4.69) is 5.32 Å². The lowest BCUT2D eigenvalue weighted by molar-refractivity contribution is 0.0696. The molecule has 0 aliphatic heterocycles. The van der Waals surface area contributed by atoms with E-state index in [0.717, 1.165) is 5.56 Å². The molecule has 0 fully saturated rings. The number of carboxylic acids is 1. The van der Waals surface area contributed by atoms with Crippen molar-refractivity contribution in [2.45, 2.75) is 13.8 Å². The first-order valence-corrected chi connectivity index (χ1v) is 6.36. The van der Waals surface area contributed by atoms with Crippen LogP contribution in [0.2, 0.25) is 0 Å². The lowest BCUT2D eigenvalue weighted by Gasteiger charge is -2.11. The molecule has 2 aromatic rings. The van der Waals surface area contributed by atoms with Crippen molar-refractivity contribution >= 4 is 17.7 Å². The Morgan fingerprint density at radius 2 is 1.76 bits per heavy atom. The molecule has 0 heterocycles. The van der Waals surface area contributed by atoms with E-state index in [0.29, 0.717) is 17.0 Å². The third-order valence-electron chi connectivity index (χ3n) is 3.10. The first-order valence-electron chi connectivity index (χ1n) is 6.36. The molecule has 21 heavy (non-hydrogen) atoms. The summed E-state index contributed by atoms with van der Waals surface area (Å²) in [7, 11) is 0. The summed E-state index contributed by atoms with van der Waals surface area (Å²) < 4.78 is 5.09. The maximum Gasteiger partial charge on any atom is 0.417 e. The van der Waals surface area contributed by atoms with E-state index >= 15 is 0 Å². The van der Waals surface area contributed by atoms with Crippen LogP contribution in [0.1, 0.15) is 21.5 Å². The van der Waals surface area contributed by atoms with Crippen molar-refractivity contribution in [1.29, 1.82) is 0 Å². The summed E-state index contributed by atoms with van der Waals surface area (Å²) in [5.74, 6) is -0.618. The molecule has 5 heteroatoms. The predicted octanol–water partition coefficient (Wildman–Crippen LogP) is 3.61. The summed E-state index contributed by atoms with van der Waals surface area (Å²) >= 11 is 0. The number of aryl methyl sites for hydroxylation is 1. The molecule has 2 N–H and O–H groups in total. The number of para-hydroxylation sites is 1. The van der Waals surface area contributed by atoms with Gasteiger partial charge in [-0.1, -0.05) is 18.2 Å². The van der Waals surface area contributed by atoms with Crippen molar-refractivity contribution in [3.63, 3.8) is 0 Å². The molecule has 2 aromatic carbocycles. The van der Waals surface area contributed by atoms with Crippen LogP contribution in [-0.4, -0.2) is 17.2 Å². The molecule has 0 unspecified atom stereocenters.